The summed E-state index contributed by atoms with van der Waals surface area (Å²) < 4.78 is 0. The minimum absolute atomic E-state index is 0.0765. The number of benzene rings is 2. The Kier molecular flexibility index (Phi) is 5.02. The van der Waals surface area contributed by atoms with Crippen LogP contribution in [0.4, 0.5) is 5.95 Å². The SMILES string of the molecule is Cc1ccccc1C(=O)NC(C(=O)Nc1nc2ccccc2[nH]1)C(C)C. The zero-order chi connectivity index (χ0) is 18.7. The van der Waals surface area contributed by atoms with Gasteiger partial charge in [0.2, 0.25) is 11.9 Å². The number of hydrogen-bond donors (Lipinski definition) is 3. The van der Waals surface area contributed by atoms with Crippen LogP contribution in [0.1, 0.15) is 29.8 Å². The molecule has 6 heteroatoms. The molecule has 0 aliphatic rings. The largest absolute Gasteiger partial charge is 0.340 e. The number of fused-ring (bicyclic) bond motifs is 1. The van der Waals surface area contributed by atoms with E-state index in [2.05, 4.69) is 20.6 Å². The van der Waals surface area contributed by atoms with E-state index in [0.29, 0.717) is 11.5 Å². The molecule has 3 aromatic rings. The number of hydrogen-bond acceptors (Lipinski definition) is 3. The van der Waals surface area contributed by atoms with Gasteiger partial charge in [0.1, 0.15) is 6.04 Å². The number of nitrogens with zero attached hydrogens (tertiary/aromatic N) is 1. The molecule has 1 unspecified atom stereocenters. The Hall–Kier alpha value is -3.15. The van der Waals surface area contributed by atoms with Gasteiger partial charge in [-0.25, -0.2) is 4.98 Å². The van der Waals surface area contributed by atoms with Gasteiger partial charge in [0.05, 0.1) is 11.0 Å². The number of carbonyl (C=O) groups excluding carboxylic acids is 2. The number of aromatic nitrogens is 2. The molecule has 0 radical (unpaired) electrons. The van der Waals surface area contributed by atoms with E-state index in [0.717, 1.165) is 16.6 Å². The smallest absolute Gasteiger partial charge is 0.252 e. The summed E-state index contributed by atoms with van der Waals surface area (Å²) >= 11 is 0. The summed E-state index contributed by atoms with van der Waals surface area (Å²) in [4.78, 5) is 32.7. The van der Waals surface area contributed by atoms with E-state index >= 15 is 0 Å². The van der Waals surface area contributed by atoms with Crippen molar-refractivity contribution in [3.05, 3.63) is 59.7 Å². The van der Waals surface area contributed by atoms with Crippen molar-refractivity contribution in [2.24, 2.45) is 5.92 Å². The van der Waals surface area contributed by atoms with Gasteiger partial charge >= 0.3 is 0 Å². The summed E-state index contributed by atoms with van der Waals surface area (Å²) in [5, 5.41) is 5.60. The highest BCUT2D eigenvalue weighted by atomic mass is 16.2. The second-order valence-electron chi connectivity index (χ2n) is 6.60. The summed E-state index contributed by atoms with van der Waals surface area (Å²) in [5.41, 5.74) is 3.04. The van der Waals surface area contributed by atoms with Gasteiger partial charge in [-0.2, -0.15) is 0 Å². The van der Waals surface area contributed by atoms with Crippen LogP contribution in [0.25, 0.3) is 11.0 Å². The lowest BCUT2D eigenvalue weighted by molar-refractivity contribution is -0.118. The standard InChI is InChI=1S/C20H22N4O2/c1-12(2)17(23-18(25)14-9-5-4-8-13(14)3)19(26)24-20-21-15-10-6-7-11-16(15)22-20/h4-12,17H,1-3H3,(H,23,25)(H2,21,22,24,26). The van der Waals surface area contributed by atoms with Crippen LogP contribution in [0.15, 0.2) is 48.5 Å². The van der Waals surface area contributed by atoms with Gasteiger partial charge in [-0.15, -0.1) is 0 Å². The second kappa shape index (κ2) is 7.39. The molecular weight excluding hydrogens is 328 g/mol. The van der Waals surface area contributed by atoms with Gasteiger partial charge in [-0.1, -0.05) is 44.2 Å². The summed E-state index contributed by atoms with van der Waals surface area (Å²) in [7, 11) is 0. The predicted octanol–water partition coefficient (Wildman–Crippen LogP) is 3.26. The average molecular weight is 350 g/mol. The maximum Gasteiger partial charge on any atom is 0.252 e. The molecule has 6 nitrogen and oxygen atoms in total. The van der Waals surface area contributed by atoms with Crippen molar-refractivity contribution in [2.45, 2.75) is 26.8 Å². The zero-order valence-electron chi connectivity index (χ0n) is 15.0. The van der Waals surface area contributed by atoms with Crippen LogP contribution in [0, 0.1) is 12.8 Å². The number of aromatic amines is 1. The molecule has 1 aromatic heterocycles. The maximum absolute atomic E-state index is 12.7. The van der Waals surface area contributed by atoms with Gasteiger partial charge in [0.25, 0.3) is 5.91 Å². The molecule has 0 bridgehead atoms. The molecule has 0 saturated carbocycles. The van der Waals surface area contributed by atoms with Crippen molar-refractivity contribution in [2.75, 3.05) is 5.32 Å². The number of para-hydroxylation sites is 2. The molecule has 3 rings (SSSR count). The van der Waals surface area contributed by atoms with Crippen LogP contribution < -0.4 is 10.6 Å². The first-order valence-corrected chi connectivity index (χ1v) is 8.58. The lowest BCUT2D eigenvalue weighted by Crippen LogP contribution is -2.47. The Morgan fingerprint density at radius 1 is 1.04 bits per heavy atom. The van der Waals surface area contributed by atoms with E-state index in [1.807, 2.05) is 57.2 Å². The quantitative estimate of drug-likeness (QED) is 0.660. The number of rotatable bonds is 5. The first-order chi connectivity index (χ1) is 12.5. The highest BCUT2D eigenvalue weighted by molar-refractivity contribution is 6.01. The summed E-state index contributed by atoms with van der Waals surface area (Å²) in [6.45, 7) is 5.65. The highest BCUT2D eigenvalue weighted by Gasteiger charge is 2.26. The topological polar surface area (TPSA) is 86.9 Å². The van der Waals surface area contributed by atoms with Crippen LogP contribution in [0.3, 0.4) is 0 Å². The molecule has 2 amide bonds. The number of imidazole rings is 1. The fraction of sp³-hybridized carbons (Fsp3) is 0.250. The van der Waals surface area contributed by atoms with Gasteiger partial charge in [-0.3, -0.25) is 14.9 Å². The lowest BCUT2D eigenvalue weighted by Gasteiger charge is -2.21. The maximum atomic E-state index is 12.7. The number of aryl methyl sites for hydroxylation is 1. The van der Waals surface area contributed by atoms with E-state index in [1.54, 1.807) is 12.1 Å². The Labute approximate surface area is 152 Å². The lowest BCUT2D eigenvalue weighted by atomic mass is 10.0. The first-order valence-electron chi connectivity index (χ1n) is 8.58. The molecule has 3 N–H and O–H groups in total. The van der Waals surface area contributed by atoms with Gasteiger partial charge in [0.15, 0.2) is 0 Å². The van der Waals surface area contributed by atoms with Crippen LogP contribution in [0.5, 0.6) is 0 Å². The van der Waals surface area contributed by atoms with Gasteiger partial charge in [-0.05, 0) is 36.6 Å². The van der Waals surface area contributed by atoms with Crippen molar-refractivity contribution in [1.82, 2.24) is 15.3 Å². The molecule has 0 spiro atoms. The third-order valence-electron chi connectivity index (χ3n) is 4.26. The van der Waals surface area contributed by atoms with Crippen molar-refractivity contribution >= 4 is 28.8 Å². The Bertz CT molecular complexity index is 913. The molecule has 134 valence electrons. The molecule has 0 fully saturated rings. The molecular formula is C20H22N4O2. The molecule has 0 aliphatic carbocycles. The minimum atomic E-state index is -0.671. The molecule has 2 aromatic carbocycles. The third kappa shape index (κ3) is 3.74. The van der Waals surface area contributed by atoms with Gasteiger partial charge < -0.3 is 10.3 Å². The number of carbonyl (C=O) groups is 2. The number of H-pyrrole nitrogens is 1. The van der Waals surface area contributed by atoms with Gasteiger partial charge in [0, 0.05) is 5.56 Å². The molecule has 1 heterocycles. The van der Waals surface area contributed by atoms with Crippen molar-refractivity contribution in [3.63, 3.8) is 0 Å². The van der Waals surface area contributed by atoms with E-state index in [-0.39, 0.29) is 17.7 Å². The van der Waals surface area contributed by atoms with E-state index < -0.39 is 6.04 Å². The van der Waals surface area contributed by atoms with Crippen LogP contribution in [-0.2, 0) is 4.79 Å². The molecule has 0 aliphatic heterocycles. The van der Waals surface area contributed by atoms with Crippen molar-refractivity contribution in [3.8, 4) is 0 Å². The normalized spacial score (nSPS) is 12.2. The second-order valence-corrected chi connectivity index (χ2v) is 6.60. The zero-order valence-corrected chi connectivity index (χ0v) is 15.0. The summed E-state index contributed by atoms with van der Waals surface area (Å²) in [6.07, 6.45) is 0. The third-order valence-corrected chi connectivity index (χ3v) is 4.26. The van der Waals surface area contributed by atoms with Crippen LogP contribution >= 0.6 is 0 Å². The molecule has 0 saturated heterocycles. The predicted molar refractivity (Wildman–Crippen MR) is 102 cm³/mol. The highest BCUT2D eigenvalue weighted by Crippen LogP contribution is 2.15. The number of anilines is 1. The molecule has 1 atom stereocenters. The van der Waals surface area contributed by atoms with Crippen LogP contribution in [-0.4, -0.2) is 27.8 Å². The number of amides is 2. The Morgan fingerprint density at radius 3 is 2.42 bits per heavy atom. The van der Waals surface area contributed by atoms with E-state index in [1.165, 1.54) is 0 Å². The number of nitrogens with one attached hydrogen (secondary N) is 3. The van der Waals surface area contributed by atoms with E-state index in [9.17, 15) is 9.59 Å². The van der Waals surface area contributed by atoms with Crippen molar-refractivity contribution in [1.29, 1.82) is 0 Å². The summed E-state index contributed by atoms with van der Waals surface area (Å²) in [5.74, 6) is -0.276. The molecule has 26 heavy (non-hydrogen) atoms. The fourth-order valence-corrected chi connectivity index (χ4v) is 2.79. The summed E-state index contributed by atoms with van der Waals surface area (Å²) in [6, 6.07) is 14.2. The Morgan fingerprint density at radius 2 is 1.73 bits per heavy atom. The first kappa shape index (κ1) is 17.7. The monoisotopic (exact) mass is 350 g/mol. The minimum Gasteiger partial charge on any atom is -0.340 e. The average Bonchev–Trinajstić information content (AvgIpc) is 3.01. The van der Waals surface area contributed by atoms with Crippen molar-refractivity contribution < 1.29 is 9.59 Å². The van der Waals surface area contributed by atoms with Crippen LogP contribution in [0.2, 0.25) is 0 Å². The fourth-order valence-electron chi connectivity index (χ4n) is 2.79. The Balaban J connectivity index is 1.75. The van der Waals surface area contributed by atoms with E-state index in [4.69, 9.17) is 0 Å².